The van der Waals surface area contributed by atoms with Gasteiger partial charge in [0.05, 0.1) is 0 Å². The molecule has 0 aliphatic heterocycles. The predicted molar refractivity (Wildman–Crippen MR) is 50.8 cm³/mol. The van der Waals surface area contributed by atoms with Crippen LogP contribution >= 0.6 is 0 Å². The van der Waals surface area contributed by atoms with Crippen molar-refractivity contribution < 1.29 is 17.1 Å². The molecule has 5 nitrogen and oxygen atoms in total. The first-order chi connectivity index (χ1) is 7.18. The number of benzene rings is 1. The van der Waals surface area contributed by atoms with Crippen LogP contribution in [0, 0.1) is 0 Å². The topological polar surface area (TPSA) is 69.4 Å². The normalized spacial score (nSPS) is 11.2. The standard InChI is InChI=1S/C9H7NO4S/c11-15(12,9-6-7-13-10-9)14-8-4-2-1-3-5-8/h1-7H. The van der Waals surface area contributed by atoms with Crippen molar-refractivity contribution in [3.8, 4) is 5.75 Å². The van der Waals surface area contributed by atoms with Gasteiger partial charge in [0, 0.05) is 6.07 Å². The molecule has 0 aliphatic carbocycles. The van der Waals surface area contributed by atoms with Gasteiger partial charge in [0.2, 0.25) is 5.03 Å². The summed E-state index contributed by atoms with van der Waals surface area (Å²) < 4.78 is 32.3. The lowest BCUT2D eigenvalue weighted by Crippen LogP contribution is -2.09. The molecule has 0 amide bonds. The Morgan fingerprint density at radius 1 is 1.13 bits per heavy atom. The number of aromatic nitrogens is 1. The smallest absolute Gasteiger partial charge is 0.360 e. The van der Waals surface area contributed by atoms with Gasteiger partial charge >= 0.3 is 10.1 Å². The lowest BCUT2D eigenvalue weighted by Gasteiger charge is -2.02. The van der Waals surface area contributed by atoms with E-state index in [4.69, 9.17) is 4.18 Å². The fourth-order valence-corrected chi connectivity index (χ4v) is 1.78. The zero-order chi connectivity index (χ0) is 10.7. The minimum Gasteiger partial charge on any atom is -0.378 e. The summed E-state index contributed by atoms with van der Waals surface area (Å²) in [7, 11) is -3.87. The molecule has 0 saturated heterocycles. The second-order valence-electron chi connectivity index (χ2n) is 2.69. The maximum Gasteiger partial charge on any atom is 0.360 e. The van der Waals surface area contributed by atoms with Crippen LogP contribution in [0.4, 0.5) is 0 Å². The third-order valence-electron chi connectivity index (χ3n) is 1.62. The van der Waals surface area contributed by atoms with E-state index in [9.17, 15) is 8.42 Å². The fraction of sp³-hybridized carbons (Fsp3) is 0. The zero-order valence-corrected chi connectivity index (χ0v) is 8.35. The van der Waals surface area contributed by atoms with Crippen molar-refractivity contribution in [1.29, 1.82) is 0 Å². The lowest BCUT2D eigenvalue weighted by atomic mass is 10.3. The van der Waals surface area contributed by atoms with Crippen molar-refractivity contribution in [1.82, 2.24) is 5.16 Å². The zero-order valence-electron chi connectivity index (χ0n) is 7.53. The molecule has 0 spiro atoms. The Morgan fingerprint density at radius 2 is 1.87 bits per heavy atom. The fourth-order valence-electron chi connectivity index (χ4n) is 0.976. The van der Waals surface area contributed by atoms with Crippen molar-refractivity contribution in [3.05, 3.63) is 42.7 Å². The number of rotatable bonds is 3. The third-order valence-corrected chi connectivity index (χ3v) is 2.75. The molecule has 1 aromatic carbocycles. The first-order valence-corrected chi connectivity index (χ1v) is 5.49. The molecule has 78 valence electrons. The second kappa shape index (κ2) is 3.74. The largest absolute Gasteiger partial charge is 0.378 e. The van der Waals surface area contributed by atoms with Crippen LogP contribution in [-0.4, -0.2) is 13.6 Å². The molecule has 2 rings (SSSR count). The molecule has 0 radical (unpaired) electrons. The minimum atomic E-state index is -3.87. The summed E-state index contributed by atoms with van der Waals surface area (Å²) >= 11 is 0. The molecule has 0 atom stereocenters. The van der Waals surface area contributed by atoms with Gasteiger partial charge in [-0.05, 0) is 12.1 Å². The Kier molecular flexibility index (Phi) is 2.42. The molecule has 0 fully saturated rings. The van der Waals surface area contributed by atoms with Gasteiger partial charge in [-0.1, -0.05) is 23.4 Å². The van der Waals surface area contributed by atoms with Gasteiger partial charge in [0.25, 0.3) is 0 Å². The van der Waals surface area contributed by atoms with Crippen LogP contribution in [0.5, 0.6) is 5.75 Å². The Hall–Kier alpha value is -1.82. The average molecular weight is 225 g/mol. The highest BCUT2D eigenvalue weighted by Crippen LogP contribution is 2.16. The van der Waals surface area contributed by atoms with E-state index in [2.05, 4.69) is 9.68 Å². The van der Waals surface area contributed by atoms with Crippen LogP contribution in [0.15, 0.2) is 52.2 Å². The van der Waals surface area contributed by atoms with E-state index in [-0.39, 0.29) is 10.8 Å². The van der Waals surface area contributed by atoms with Crippen molar-refractivity contribution in [2.24, 2.45) is 0 Å². The molecule has 0 bridgehead atoms. The molecular weight excluding hydrogens is 218 g/mol. The van der Waals surface area contributed by atoms with Crippen LogP contribution in [0.25, 0.3) is 0 Å². The van der Waals surface area contributed by atoms with Gasteiger partial charge in [-0.2, -0.15) is 8.42 Å². The van der Waals surface area contributed by atoms with Crippen LogP contribution in [0.2, 0.25) is 0 Å². The SMILES string of the molecule is O=S(=O)(Oc1ccccc1)c1ccon1. The molecule has 6 heteroatoms. The van der Waals surface area contributed by atoms with Crippen molar-refractivity contribution in [3.63, 3.8) is 0 Å². The molecule has 2 aromatic rings. The molecule has 0 aliphatic rings. The quantitative estimate of drug-likeness (QED) is 0.739. The van der Waals surface area contributed by atoms with Gasteiger partial charge in [-0.15, -0.1) is 0 Å². The maximum absolute atomic E-state index is 11.5. The first-order valence-electron chi connectivity index (χ1n) is 4.08. The summed E-state index contributed by atoms with van der Waals surface area (Å²) in [6.07, 6.45) is 1.17. The van der Waals surface area contributed by atoms with E-state index < -0.39 is 10.1 Å². The summed E-state index contributed by atoms with van der Waals surface area (Å²) in [5, 5.41) is 3.05. The van der Waals surface area contributed by atoms with Crippen LogP contribution in [0.3, 0.4) is 0 Å². The monoisotopic (exact) mass is 225 g/mol. The van der Waals surface area contributed by atoms with E-state index in [1.165, 1.54) is 24.5 Å². The number of hydrogen-bond donors (Lipinski definition) is 0. The van der Waals surface area contributed by atoms with Crippen molar-refractivity contribution in [2.45, 2.75) is 5.03 Å². The molecule has 0 N–H and O–H groups in total. The summed E-state index contributed by atoms with van der Waals surface area (Å²) in [5.74, 6) is 0.237. The van der Waals surface area contributed by atoms with Crippen LogP contribution in [-0.2, 0) is 10.1 Å². The van der Waals surface area contributed by atoms with Crippen LogP contribution < -0.4 is 4.18 Å². The maximum atomic E-state index is 11.5. The van der Waals surface area contributed by atoms with E-state index in [0.717, 1.165) is 0 Å². The minimum absolute atomic E-state index is 0.237. The van der Waals surface area contributed by atoms with E-state index in [1.54, 1.807) is 18.2 Å². The van der Waals surface area contributed by atoms with Crippen molar-refractivity contribution in [2.75, 3.05) is 0 Å². The molecule has 1 aromatic heterocycles. The molecule has 0 unspecified atom stereocenters. The Labute approximate surface area is 86.4 Å². The Balaban J connectivity index is 2.27. The average Bonchev–Trinajstić information content (AvgIpc) is 2.71. The number of para-hydroxylation sites is 1. The van der Waals surface area contributed by atoms with E-state index in [0.29, 0.717) is 0 Å². The van der Waals surface area contributed by atoms with Gasteiger partial charge < -0.3 is 8.71 Å². The summed E-state index contributed by atoms with van der Waals surface area (Å²) in [6.45, 7) is 0. The molecule has 1 heterocycles. The second-order valence-corrected chi connectivity index (χ2v) is 4.18. The summed E-state index contributed by atoms with van der Waals surface area (Å²) in [5.41, 5.74) is 0. The third kappa shape index (κ3) is 2.16. The summed E-state index contributed by atoms with van der Waals surface area (Å²) in [6, 6.07) is 9.41. The van der Waals surface area contributed by atoms with E-state index in [1.807, 2.05) is 0 Å². The predicted octanol–water partition coefficient (Wildman–Crippen LogP) is 1.44. The van der Waals surface area contributed by atoms with Gasteiger partial charge in [0.1, 0.15) is 12.0 Å². The first kappa shape index (κ1) is 9.72. The van der Waals surface area contributed by atoms with Gasteiger partial charge in [-0.3, -0.25) is 0 Å². The summed E-state index contributed by atoms with van der Waals surface area (Å²) in [4.78, 5) is 0. The number of nitrogens with zero attached hydrogens (tertiary/aromatic N) is 1. The highest BCUT2D eigenvalue weighted by molar-refractivity contribution is 7.87. The van der Waals surface area contributed by atoms with Crippen LogP contribution in [0.1, 0.15) is 0 Å². The molecular formula is C9H7NO4S. The van der Waals surface area contributed by atoms with Gasteiger partial charge in [0.15, 0.2) is 0 Å². The van der Waals surface area contributed by atoms with Gasteiger partial charge in [-0.25, -0.2) is 0 Å². The van der Waals surface area contributed by atoms with E-state index >= 15 is 0 Å². The molecule has 15 heavy (non-hydrogen) atoms. The Morgan fingerprint density at radius 3 is 2.47 bits per heavy atom. The highest BCUT2D eigenvalue weighted by Gasteiger charge is 2.19. The number of hydrogen-bond acceptors (Lipinski definition) is 5. The molecule has 0 saturated carbocycles. The highest BCUT2D eigenvalue weighted by atomic mass is 32.2. The lowest BCUT2D eigenvalue weighted by molar-refractivity contribution is 0.393. The Bertz CT molecular complexity index is 519. The van der Waals surface area contributed by atoms with Crippen molar-refractivity contribution >= 4 is 10.1 Å².